The van der Waals surface area contributed by atoms with Gasteiger partial charge in [0.1, 0.15) is 0 Å². The Morgan fingerprint density at radius 1 is 1.27 bits per heavy atom. The summed E-state index contributed by atoms with van der Waals surface area (Å²) in [6.07, 6.45) is 6.49. The molecule has 0 atom stereocenters. The maximum Gasteiger partial charge on any atom is 0.308 e. The molecule has 26 heavy (non-hydrogen) atoms. The molecule has 0 radical (unpaired) electrons. The van der Waals surface area contributed by atoms with Crippen LogP contribution in [0.4, 0.5) is 0 Å². The van der Waals surface area contributed by atoms with Crippen LogP contribution in [0.5, 0.6) is 0 Å². The smallest absolute Gasteiger partial charge is 0.308 e. The molecule has 1 saturated heterocycles. The fourth-order valence-corrected chi connectivity index (χ4v) is 4.02. The van der Waals surface area contributed by atoms with Gasteiger partial charge in [0.25, 0.3) is 0 Å². The number of rotatable bonds is 5. The Morgan fingerprint density at radius 3 is 2.54 bits per heavy atom. The lowest BCUT2D eigenvalue weighted by Crippen LogP contribution is -2.51. The third-order valence-electron chi connectivity index (χ3n) is 5.62. The molecule has 1 aromatic heterocycles. The van der Waals surface area contributed by atoms with Crippen LogP contribution in [0.15, 0.2) is 4.52 Å². The minimum Gasteiger partial charge on any atom is -0.469 e. The molecule has 1 amide bonds. The molecule has 144 valence electrons. The van der Waals surface area contributed by atoms with Crippen molar-refractivity contribution >= 4 is 11.9 Å². The van der Waals surface area contributed by atoms with E-state index in [1.807, 2.05) is 4.90 Å². The van der Waals surface area contributed by atoms with Crippen molar-refractivity contribution in [2.24, 2.45) is 5.92 Å². The number of ether oxygens (including phenoxy) is 1. The number of amides is 1. The van der Waals surface area contributed by atoms with Crippen LogP contribution in [-0.2, 0) is 19.9 Å². The summed E-state index contributed by atoms with van der Waals surface area (Å²) in [7, 11) is 1.41. The summed E-state index contributed by atoms with van der Waals surface area (Å²) in [5.74, 6) is 0.987. The van der Waals surface area contributed by atoms with Gasteiger partial charge in [-0.1, -0.05) is 24.4 Å². The highest BCUT2D eigenvalue weighted by Gasteiger charge is 2.39. The molecule has 2 aliphatic rings. The van der Waals surface area contributed by atoms with E-state index >= 15 is 0 Å². The predicted octanol–water partition coefficient (Wildman–Crippen LogP) is 1.54. The predicted molar refractivity (Wildman–Crippen MR) is 93.1 cm³/mol. The second-order valence-electron chi connectivity index (χ2n) is 7.31. The van der Waals surface area contributed by atoms with Gasteiger partial charge in [-0.25, -0.2) is 0 Å². The van der Waals surface area contributed by atoms with Crippen molar-refractivity contribution in [3.63, 3.8) is 0 Å². The van der Waals surface area contributed by atoms with Crippen molar-refractivity contribution in [1.29, 1.82) is 0 Å². The summed E-state index contributed by atoms with van der Waals surface area (Å²) in [6.45, 7) is 3.21. The number of aryl methyl sites for hydroxylation is 1. The van der Waals surface area contributed by atoms with Crippen LogP contribution in [-0.4, -0.2) is 53.7 Å². The number of carbonyl (C=O) groups is 2. The van der Waals surface area contributed by atoms with Crippen LogP contribution < -0.4 is 5.32 Å². The van der Waals surface area contributed by atoms with Crippen LogP contribution in [0.2, 0.25) is 0 Å². The summed E-state index contributed by atoms with van der Waals surface area (Å²) in [5, 5.41) is 7.56. The molecular formula is C18H28N4O4. The molecule has 3 rings (SSSR count). The van der Waals surface area contributed by atoms with Crippen molar-refractivity contribution in [2.45, 2.75) is 57.4 Å². The third kappa shape index (κ3) is 4.06. The van der Waals surface area contributed by atoms with Crippen LogP contribution in [0.1, 0.15) is 56.7 Å². The first-order valence-corrected chi connectivity index (χ1v) is 9.45. The van der Waals surface area contributed by atoms with Gasteiger partial charge in [-0.3, -0.25) is 14.9 Å². The summed E-state index contributed by atoms with van der Waals surface area (Å²) in [6, 6.07) is 0. The lowest BCUT2D eigenvalue weighted by Gasteiger charge is -2.37. The topological polar surface area (TPSA) is 97.6 Å². The maximum absolute atomic E-state index is 12.6. The van der Waals surface area contributed by atoms with Crippen LogP contribution in [0, 0.1) is 12.8 Å². The molecule has 1 aromatic rings. The van der Waals surface area contributed by atoms with Crippen molar-refractivity contribution in [2.75, 3.05) is 26.7 Å². The van der Waals surface area contributed by atoms with Gasteiger partial charge in [0, 0.05) is 20.0 Å². The van der Waals surface area contributed by atoms with Gasteiger partial charge in [-0.2, -0.15) is 4.98 Å². The van der Waals surface area contributed by atoms with E-state index in [9.17, 15) is 9.59 Å². The van der Waals surface area contributed by atoms with E-state index in [1.165, 1.54) is 13.5 Å². The van der Waals surface area contributed by atoms with Gasteiger partial charge in [0.2, 0.25) is 11.8 Å². The molecule has 1 N–H and O–H groups in total. The highest BCUT2D eigenvalue weighted by atomic mass is 16.5. The van der Waals surface area contributed by atoms with Gasteiger partial charge >= 0.3 is 5.97 Å². The number of likely N-dealkylation sites (tertiary alicyclic amines) is 1. The van der Waals surface area contributed by atoms with Gasteiger partial charge in [0.05, 0.1) is 25.1 Å². The second kappa shape index (κ2) is 8.16. The molecule has 2 heterocycles. The molecule has 0 bridgehead atoms. The summed E-state index contributed by atoms with van der Waals surface area (Å²) >= 11 is 0. The molecular weight excluding hydrogens is 336 g/mol. The number of hydrogen-bond acceptors (Lipinski definition) is 7. The highest BCUT2D eigenvalue weighted by molar-refractivity contribution is 5.79. The number of nitrogens with one attached hydrogen (secondary N) is 1. The molecule has 0 unspecified atom stereocenters. The van der Waals surface area contributed by atoms with Gasteiger partial charge in [0.15, 0.2) is 5.82 Å². The van der Waals surface area contributed by atoms with E-state index in [2.05, 4.69) is 15.5 Å². The fraction of sp³-hybridized carbons (Fsp3) is 0.778. The zero-order valence-electron chi connectivity index (χ0n) is 15.6. The Kier molecular flexibility index (Phi) is 5.90. The number of methoxy groups -OCH3 is 1. The van der Waals surface area contributed by atoms with Crippen molar-refractivity contribution in [3.05, 3.63) is 11.7 Å². The Hall–Kier alpha value is -1.96. The first-order valence-electron chi connectivity index (χ1n) is 9.45. The van der Waals surface area contributed by atoms with Gasteiger partial charge < -0.3 is 14.2 Å². The molecule has 1 saturated carbocycles. The molecule has 8 heteroatoms. The summed E-state index contributed by atoms with van der Waals surface area (Å²) < 4.78 is 9.97. The Balaban J connectivity index is 1.58. The van der Waals surface area contributed by atoms with E-state index in [0.717, 1.165) is 25.7 Å². The Morgan fingerprint density at radius 2 is 1.96 bits per heavy atom. The average Bonchev–Trinajstić information content (AvgIpc) is 3.13. The number of piperidine rings is 1. The SMILES string of the molecule is COC(=O)C1CCN(C(=O)CNC2(c3noc(C)n3)CCCCC2)CC1. The fourth-order valence-electron chi connectivity index (χ4n) is 4.02. The van der Waals surface area contributed by atoms with Gasteiger partial charge in [-0.15, -0.1) is 0 Å². The number of hydrogen-bond donors (Lipinski definition) is 1. The Labute approximate surface area is 153 Å². The summed E-state index contributed by atoms with van der Waals surface area (Å²) in [4.78, 5) is 30.5. The first-order chi connectivity index (χ1) is 12.5. The number of nitrogens with zero attached hydrogens (tertiary/aromatic N) is 3. The van der Waals surface area contributed by atoms with E-state index in [1.54, 1.807) is 6.92 Å². The third-order valence-corrected chi connectivity index (χ3v) is 5.62. The largest absolute Gasteiger partial charge is 0.469 e. The van der Waals surface area contributed by atoms with E-state index in [-0.39, 0.29) is 29.9 Å². The lowest BCUT2D eigenvalue weighted by molar-refractivity contribution is -0.148. The molecule has 0 aromatic carbocycles. The monoisotopic (exact) mass is 364 g/mol. The van der Waals surface area contributed by atoms with Crippen molar-refractivity contribution < 1.29 is 18.8 Å². The number of aromatic nitrogens is 2. The van der Waals surface area contributed by atoms with Crippen LogP contribution >= 0.6 is 0 Å². The minimum absolute atomic E-state index is 0.0541. The van der Waals surface area contributed by atoms with Crippen molar-refractivity contribution in [1.82, 2.24) is 20.4 Å². The molecule has 1 aliphatic heterocycles. The maximum atomic E-state index is 12.6. The van der Waals surface area contributed by atoms with Crippen LogP contribution in [0.3, 0.4) is 0 Å². The van der Waals surface area contributed by atoms with E-state index < -0.39 is 0 Å². The molecule has 2 fully saturated rings. The van der Waals surface area contributed by atoms with E-state index in [4.69, 9.17) is 9.26 Å². The zero-order chi connectivity index (χ0) is 18.6. The normalized spacial score (nSPS) is 20.8. The van der Waals surface area contributed by atoms with E-state index in [0.29, 0.717) is 37.6 Å². The quantitative estimate of drug-likeness (QED) is 0.791. The molecule has 0 spiro atoms. The molecule has 8 nitrogen and oxygen atoms in total. The van der Waals surface area contributed by atoms with Crippen molar-refractivity contribution in [3.8, 4) is 0 Å². The molecule has 1 aliphatic carbocycles. The average molecular weight is 364 g/mol. The highest BCUT2D eigenvalue weighted by Crippen LogP contribution is 2.35. The lowest BCUT2D eigenvalue weighted by atomic mass is 9.81. The number of carbonyl (C=O) groups excluding carboxylic acids is 2. The van der Waals surface area contributed by atoms with Gasteiger partial charge in [-0.05, 0) is 25.7 Å². The zero-order valence-corrected chi connectivity index (χ0v) is 15.6. The Bertz CT molecular complexity index is 631. The standard InChI is InChI=1S/C18H28N4O4/c1-13-20-17(21-26-13)18(8-4-3-5-9-18)19-12-15(23)22-10-6-14(7-11-22)16(24)25-2/h14,19H,3-12H2,1-2H3. The second-order valence-corrected chi connectivity index (χ2v) is 7.31. The first kappa shape index (κ1) is 18.8. The number of esters is 1. The summed E-state index contributed by atoms with van der Waals surface area (Å²) in [5.41, 5.74) is -0.379. The minimum atomic E-state index is -0.379. The van der Waals surface area contributed by atoms with Crippen LogP contribution in [0.25, 0.3) is 0 Å².